The van der Waals surface area contributed by atoms with Crippen molar-refractivity contribution in [3.05, 3.63) is 24.3 Å². The number of hydrogen-bond donors (Lipinski definition) is 9. The Hall–Kier alpha value is -1.93. The van der Waals surface area contributed by atoms with E-state index in [0.29, 0.717) is 12.8 Å². The summed E-state index contributed by atoms with van der Waals surface area (Å²) in [5.41, 5.74) is 0. The second-order valence-electron chi connectivity index (χ2n) is 19.0. The molecular formula is C49H88O19P2. The molecule has 9 N–H and O–H groups in total. The van der Waals surface area contributed by atoms with Crippen LogP contribution in [0.3, 0.4) is 0 Å². The van der Waals surface area contributed by atoms with E-state index in [2.05, 4.69) is 6.92 Å². The molecule has 2 aliphatic rings. The average Bonchev–Trinajstić information content (AvgIpc) is 3.30. The van der Waals surface area contributed by atoms with Gasteiger partial charge in [-0.05, 0) is 32.1 Å². The van der Waals surface area contributed by atoms with Crippen molar-refractivity contribution in [3.8, 4) is 0 Å². The first-order valence-corrected chi connectivity index (χ1v) is 29.0. The van der Waals surface area contributed by atoms with Crippen molar-refractivity contribution >= 4 is 33.4 Å². The fourth-order valence-corrected chi connectivity index (χ4v) is 10.3. The number of allylic oxidation sites excluding steroid dienone is 2. The normalized spacial score (nSPS) is 30.3. The summed E-state index contributed by atoms with van der Waals surface area (Å²) < 4.78 is 52.2. The van der Waals surface area contributed by atoms with Gasteiger partial charge in [-0.3, -0.25) is 28.0 Å². The van der Waals surface area contributed by atoms with Crippen LogP contribution in [0.5, 0.6) is 0 Å². The van der Waals surface area contributed by atoms with Gasteiger partial charge in [-0.1, -0.05) is 160 Å². The van der Waals surface area contributed by atoms with E-state index < -0.39 is 120 Å². The second-order valence-corrected chi connectivity index (χ2v) is 21.6. The van der Waals surface area contributed by atoms with Crippen molar-refractivity contribution in [2.75, 3.05) is 13.2 Å². The number of hydrogen-bond acceptors (Lipinski definition) is 16. The van der Waals surface area contributed by atoms with Gasteiger partial charge in [0, 0.05) is 25.2 Å². The molecule has 0 saturated heterocycles. The van der Waals surface area contributed by atoms with Gasteiger partial charge in [-0.25, -0.2) is 9.13 Å². The minimum Gasteiger partial charge on any atom is -0.462 e. The molecule has 0 aromatic heterocycles. The monoisotopic (exact) mass is 1040 g/mol. The summed E-state index contributed by atoms with van der Waals surface area (Å²) in [5.74, 6) is -5.79. The number of carbonyl (C=O) groups excluding carboxylic acids is 3. The van der Waals surface area contributed by atoms with Gasteiger partial charge in [0.15, 0.2) is 6.10 Å². The largest absolute Gasteiger partial charge is 0.472 e. The minimum absolute atomic E-state index is 0.0315. The third kappa shape index (κ3) is 27.4. The maximum Gasteiger partial charge on any atom is 0.472 e. The summed E-state index contributed by atoms with van der Waals surface area (Å²) in [4.78, 5) is 70.7. The number of phosphoric ester groups is 2. The summed E-state index contributed by atoms with van der Waals surface area (Å²) in [6.45, 7) is 2.56. The van der Waals surface area contributed by atoms with E-state index in [1.165, 1.54) is 76.7 Å². The van der Waals surface area contributed by atoms with E-state index >= 15 is 0 Å². The zero-order chi connectivity index (χ0) is 52.0. The molecule has 1 aliphatic heterocycles. The fraction of sp³-hybridized carbons (Fsp3) is 0.857. The molecule has 1 fully saturated rings. The lowest BCUT2D eigenvalue weighted by atomic mass is 9.83. The Morgan fingerprint density at radius 3 is 1.91 bits per heavy atom. The maximum absolute atomic E-state index is 13.9. The van der Waals surface area contributed by atoms with E-state index in [-0.39, 0.29) is 38.5 Å². The summed E-state index contributed by atoms with van der Waals surface area (Å²) >= 11 is 0. The number of carbonyl (C=O) groups is 3. The van der Waals surface area contributed by atoms with E-state index in [0.717, 1.165) is 57.1 Å². The van der Waals surface area contributed by atoms with Crippen LogP contribution in [-0.2, 0) is 46.6 Å². The molecule has 0 amide bonds. The molecule has 0 radical (unpaired) electrons. The lowest BCUT2D eigenvalue weighted by Gasteiger charge is -2.38. The Morgan fingerprint density at radius 1 is 0.786 bits per heavy atom. The average molecular weight is 1040 g/mol. The summed E-state index contributed by atoms with van der Waals surface area (Å²) in [6.07, 6.45) is 6.95. The Kier molecular flexibility index (Phi) is 33.1. The zero-order valence-corrected chi connectivity index (χ0v) is 43.5. The van der Waals surface area contributed by atoms with E-state index in [9.17, 15) is 68.8 Å². The molecule has 1 heterocycles. The zero-order valence-electron chi connectivity index (χ0n) is 41.7. The first kappa shape index (κ1) is 64.2. The Balaban J connectivity index is 2.27. The van der Waals surface area contributed by atoms with Crippen molar-refractivity contribution in [2.24, 2.45) is 11.8 Å². The third-order valence-electron chi connectivity index (χ3n) is 12.9. The van der Waals surface area contributed by atoms with Crippen molar-refractivity contribution in [3.63, 3.8) is 0 Å². The number of fused-ring (bicyclic) bond motifs is 4. The fourth-order valence-electron chi connectivity index (χ4n) is 8.73. The number of Topliss-reactive ketones (excluding diaryl/α,β-unsaturated/α-hetero) is 1. The molecule has 1 unspecified atom stereocenters. The molecule has 12 atom stereocenters. The molecule has 1 aliphatic carbocycles. The van der Waals surface area contributed by atoms with Crippen LogP contribution in [-0.4, -0.2) is 131 Å². The van der Waals surface area contributed by atoms with Crippen molar-refractivity contribution in [2.45, 2.75) is 242 Å². The molecule has 408 valence electrons. The summed E-state index contributed by atoms with van der Waals surface area (Å²) in [6, 6.07) is 0. The first-order chi connectivity index (χ1) is 33.3. The number of rotatable bonds is 27. The predicted octanol–water partition coefficient (Wildman–Crippen LogP) is 7.10. The highest BCUT2D eigenvalue weighted by Gasteiger charge is 2.51. The van der Waals surface area contributed by atoms with Gasteiger partial charge in [-0.15, -0.1) is 0 Å². The lowest BCUT2D eigenvalue weighted by molar-refractivity contribution is -0.165. The number of ketones is 1. The number of esters is 2. The molecule has 19 nitrogen and oxygen atoms in total. The topological polar surface area (TPSA) is 314 Å². The molecule has 21 heteroatoms. The second kappa shape index (κ2) is 36.1. The molecule has 2 rings (SSSR count). The molecular weight excluding hydrogens is 954 g/mol. The SMILES string of the molecule is CCCCCCCCCCCCCCCCCCCC(=O)O[C@@H]1COC(=O)CCC/C=C\C[C@@H]2[C@@H](O)[C@H](O)[C@@H](O)[C@H](OP(=O)(O)OC1)[C@H](OP(=O)(O)O)[C@H](O)[C@@H](/C=C/[C@@H](O)CCCCC)C(=O)C[C@@H]2O. The predicted molar refractivity (Wildman–Crippen MR) is 261 cm³/mol. The van der Waals surface area contributed by atoms with Crippen LogP contribution in [0.2, 0.25) is 0 Å². The van der Waals surface area contributed by atoms with Gasteiger partial charge in [0.05, 0.1) is 36.9 Å². The quantitative estimate of drug-likeness (QED) is 0.0171. The van der Waals surface area contributed by atoms with Crippen LogP contribution in [0.1, 0.15) is 187 Å². The molecule has 0 spiro atoms. The summed E-state index contributed by atoms with van der Waals surface area (Å²) in [5, 5.41) is 68.1. The van der Waals surface area contributed by atoms with Crippen molar-refractivity contribution in [1.29, 1.82) is 0 Å². The first-order valence-electron chi connectivity index (χ1n) is 26.0. The maximum atomic E-state index is 13.9. The van der Waals surface area contributed by atoms with Crippen LogP contribution < -0.4 is 0 Å². The Morgan fingerprint density at radius 2 is 1.34 bits per heavy atom. The summed E-state index contributed by atoms with van der Waals surface area (Å²) in [7, 11) is -11.5. The van der Waals surface area contributed by atoms with Crippen LogP contribution in [0.15, 0.2) is 24.3 Å². The standard InChI is InChI=1S/C49H88O19P2/c1-3-5-7-8-9-10-11-12-13-14-15-16-17-18-19-20-26-30-43(54)66-37-34-64-42(53)29-25-22-21-24-28-38-40(51)33-41(52)39(32-31-36(50)27-23-6-4-2)45(56)48(67-69(59,60)61)49(47(58)46(57)44(38)55)68-70(62,63)65-35-37/h21,24,31-32,36-40,44-51,55-58H,3-20,22-23,25-30,33-35H2,1-2H3,(H,62,63)(H2,59,60,61)/b24-21-,32-31+/t36-,37+,38-,39-,40-,44+,45+,46-,47+,48+,49-/m0/s1. The lowest BCUT2D eigenvalue weighted by Crippen LogP contribution is -2.56. The minimum atomic E-state index is -5.80. The van der Waals surface area contributed by atoms with Crippen LogP contribution in [0.4, 0.5) is 0 Å². The Bertz CT molecular complexity index is 1610. The van der Waals surface area contributed by atoms with Gasteiger partial charge < -0.3 is 54.8 Å². The van der Waals surface area contributed by atoms with Gasteiger partial charge in [0.25, 0.3) is 0 Å². The number of ether oxygens (including phenoxy) is 2. The molecule has 2 bridgehead atoms. The molecule has 1 saturated carbocycles. The molecule has 0 aromatic rings. The number of aliphatic hydroxyl groups is 6. The smallest absolute Gasteiger partial charge is 0.462 e. The van der Waals surface area contributed by atoms with Crippen molar-refractivity contribution < 1.29 is 91.9 Å². The third-order valence-corrected chi connectivity index (χ3v) is 14.4. The van der Waals surface area contributed by atoms with E-state index in [1.54, 1.807) is 6.08 Å². The number of aliphatic hydroxyl groups excluding tert-OH is 6. The van der Waals surface area contributed by atoms with Gasteiger partial charge in [0.2, 0.25) is 0 Å². The van der Waals surface area contributed by atoms with Crippen LogP contribution in [0, 0.1) is 11.8 Å². The van der Waals surface area contributed by atoms with E-state index in [4.69, 9.17) is 23.0 Å². The highest BCUT2D eigenvalue weighted by molar-refractivity contribution is 7.47. The van der Waals surface area contributed by atoms with Crippen LogP contribution >= 0.6 is 15.6 Å². The van der Waals surface area contributed by atoms with E-state index in [1.807, 2.05) is 6.92 Å². The highest BCUT2D eigenvalue weighted by atomic mass is 31.2. The number of unbranched alkanes of at least 4 members (excludes halogenated alkanes) is 18. The number of phosphoric acid groups is 2. The highest BCUT2D eigenvalue weighted by Crippen LogP contribution is 2.49. The number of cyclic esters (lactones) is 1. The molecule has 70 heavy (non-hydrogen) atoms. The Labute approximate surface area is 415 Å². The van der Waals surface area contributed by atoms with Gasteiger partial charge >= 0.3 is 27.6 Å². The molecule has 0 aromatic carbocycles. The van der Waals surface area contributed by atoms with Gasteiger partial charge in [-0.2, -0.15) is 0 Å². The van der Waals surface area contributed by atoms with Gasteiger partial charge in [0.1, 0.15) is 36.8 Å². The van der Waals surface area contributed by atoms with Crippen molar-refractivity contribution in [1.82, 2.24) is 0 Å². The van der Waals surface area contributed by atoms with Crippen LogP contribution in [0.25, 0.3) is 0 Å².